The number of ether oxygens (including phenoxy) is 2. The van der Waals surface area contributed by atoms with Gasteiger partial charge in [0.05, 0.1) is 20.1 Å². The molecule has 0 radical (unpaired) electrons. The Kier molecular flexibility index (Phi) is 6.59. The molecular weight excluding hydrogens is 272 g/mol. The molecule has 1 rings (SSSR count). The second-order valence-corrected chi connectivity index (χ2v) is 4.74. The summed E-state index contributed by atoms with van der Waals surface area (Å²) in [6, 6.07) is 7.37. The van der Waals surface area contributed by atoms with Gasteiger partial charge in [0, 0.05) is 5.92 Å². The first-order valence-corrected chi connectivity index (χ1v) is 6.83. The summed E-state index contributed by atoms with van der Waals surface area (Å²) in [6.45, 7) is 3.48. The van der Waals surface area contributed by atoms with Gasteiger partial charge in [0.25, 0.3) is 0 Å². The van der Waals surface area contributed by atoms with Crippen molar-refractivity contribution >= 4 is 17.5 Å². The lowest BCUT2D eigenvalue weighted by Crippen LogP contribution is -2.24. The van der Waals surface area contributed by atoms with Crippen molar-refractivity contribution in [2.75, 3.05) is 13.7 Å². The number of ketones is 2. The summed E-state index contributed by atoms with van der Waals surface area (Å²) in [4.78, 5) is 34.6. The Morgan fingerprint density at radius 3 is 2.29 bits per heavy atom. The van der Waals surface area contributed by atoms with Crippen molar-refractivity contribution < 1.29 is 23.9 Å². The van der Waals surface area contributed by atoms with Crippen LogP contribution in [-0.4, -0.2) is 31.3 Å². The summed E-state index contributed by atoms with van der Waals surface area (Å²) >= 11 is 0. The third-order valence-corrected chi connectivity index (χ3v) is 3.09. The van der Waals surface area contributed by atoms with Crippen molar-refractivity contribution in [3.8, 4) is 5.75 Å². The predicted molar refractivity (Wildman–Crippen MR) is 77.1 cm³/mol. The van der Waals surface area contributed by atoms with Crippen molar-refractivity contribution in [2.45, 2.75) is 26.7 Å². The fraction of sp³-hybridized carbons (Fsp3) is 0.438. The van der Waals surface area contributed by atoms with Crippen LogP contribution in [0.3, 0.4) is 0 Å². The van der Waals surface area contributed by atoms with Crippen LogP contribution in [0.25, 0.3) is 0 Å². The van der Waals surface area contributed by atoms with Crippen LogP contribution in [0.15, 0.2) is 24.3 Å². The molecule has 21 heavy (non-hydrogen) atoms. The molecule has 0 amide bonds. The van der Waals surface area contributed by atoms with E-state index in [0.29, 0.717) is 6.42 Å². The van der Waals surface area contributed by atoms with Crippen LogP contribution < -0.4 is 4.74 Å². The predicted octanol–water partition coefficient (Wildman–Crippen LogP) is 1.97. The van der Waals surface area contributed by atoms with E-state index >= 15 is 0 Å². The number of hydrogen-bond donors (Lipinski definition) is 0. The van der Waals surface area contributed by atoms with E-state index in [9.17, 15) is 14.4 Å². The minimum atomic E-state index is -0.942. The van der Waals surface area contributed by atoms with Crippen LogP contribution in [-0.2, 0) is 25.5 Å². The molecular formula is C16H20O5. The second-order valence-electron chi connectivity index (χ2n) is 4.74. The molecule has 0 saturated heterocycles. The van der Waals surface area contributed by atoms with E-state index < -0.39 is 18.2 Å². The van der Waals surface area contributed by atoms with Gasteiger partial charge in [0.15, 0.2) is 0 Å². The Morgan fingerprint density at radius 2 is 1.76 bits per heavy atom. The van der Waals surface area contributed by atoms with E-state index in [4.69, 9.17) is 4.74 Å². The molecule has 0 aliphatic rings. The van der Waals surface area contributed by atoms with Gasteiger partial charge in [-0.1, -0.05) is 19.1 Å². The Labute approximate surface area is 124 Å². The number of esters is 1. The average molecular weight is 292 g/mol. The highest BCUT2D eigenvalue weighted by Gasteiger charge is 2.22. The average Bonchev–Trinajstić information content (AvgIpc) is 2.48. The van der Waals surface area contributed by atoms with Gasteiger partial charge < -0.3 is 9.47 Å². The minimum absolute atomic E-state index is 0.125. The summed E-state index contributed by atoms with van der Waals surface area (Å²) in [5.74, 6) is -1.58. The highest BCUT2D eigenvalue weighted by Crippen LogP contribution is 2.16. The Balaban J connectivity index is 2.53. The number of hydrogen-bond acceptors (Lipinski definition) is 5. The Morgan fingerprint density at radius 1 is 1.14 bits per heavy atom. The molecule has 0 N–H and O–H groups in total. The van der Waals surface area contributed by atoms with E-state index in [0.717, 1.165) is 11.3 Å². The first-order valence-electron chi connectivity index (χ1n) is 6.83. The monoisotopic (exact) mass is 292 g/mol. The van der Waals surface area contributed by atoms with Gasteiger partial charge in [0.2, 0.25) is 5.78 Å². The summed E-state index contributed by atoms with van der Waals surface area (Å²) in [7, 11) is 1.59. The molecule has 114 valence electrons. The van der Waals surface area contributed by atoms with Gasteiger partial charge in [-0.25, -0.2) is 4.79 Å². The third kappa shape index (κ3) is 5.38. The van der Waals surface area contributed by atoms with Crippen LogP contribution in [0.1, 0.15) is 25.8 Å². The molecule has 0 spiro atoms. The maximum absolute atomic E-state index is 11.9. The molecule has 0 saturated carbocycles. The van der Waals surface area contributed by atoms with Gasteiger partial charge in [-0.3, -0.25) is 9.59 Å². The van der Waals surface area contributed by atoms with Gasteiger partial charge >= 0.3 is 5.97 Å². The van der Waals surface area contributed by atoms with Crippen molar-refractivity contribution in [3.05, 3.63) is 29.8 Å². The molecule has 0 aromatic heterocycles. The quantitative estimate of drug-likeness (QED) is 0.416. The zero-order valence-corrected chi connectivity index (χ0v) is 12.5. The van der Waals surface area contributed by atoms with Crippen molar-refractivity contribution in [3.63, 3.8) is 0 Å². The lowest BCUT2D eigenvalue weighted by molar-refractivity contribution is -0.154. The zero-order chi connectivity index (χ0) is 15.8. The van der Waals surface area contributed by atoms with E-state index in [1.807, 2.05) is 24.3 Å². The number of rotatable bonds is 8. The second kappa shape index (κ2) is 8.19. The summed E-state index contributed by atoms with van der Waals surface area (Å²) in [5, 5.41) is 0. The SMILES string of the molecule is CCOC(=O)C(=O)CC(=O)C(C)Cc1ccc(OC)cc1. The minimum Gasteiger partial charge on any atom is -0.497 e. The standard InChI is InChI=1S/C16H20O5/c1-4-21-16(19)15(18)10-14(17)11(2)9-12-5-7-13(20-3)8-6-12/h5-8,11H,4,9-10H2,1-3H3. The molecule has 0 heterocycles. The fourth-order valence-electron chi connectivity index (χ4n) is 1.85. The number of Topliss-reactive ketones (excluding diaryl/α,β-unsaturated/α-hetero) is 2. The van der Waals surface area contributed by atoms with Crippen LogP contribution >= 0.6 is 0 Å². The van der Waals surface area contributed by atoms with Gasteiger partial charge in [-0.2, -0.15) is 0 Å². The summed E-state index contributed by atoms with van der Waals surface area (Å²) in [5.41, 5.74) is 0.972. The van der Waals surface area contributed by atoms with Crippen molar-refractivity contribution in [1.29, 1.82) is 0 Å². The largest absolute Gasteiger partial charge is 0.497 e. The third-order valence-electron chi connectivity index (χ3n) is 3.09. The number of carbonyl (C=O) groups is 3. The summed E-state index contributed by atoms with van der Waals surface area (Å²) < 4.78 is 9.63. The van der Waals surface area contributed by atoms with E-state index in [1.165, 1.54) is 0 Å². The van der Waals surface area contributed by atoms with E-state index in [2.05, 4.69) is 4.74 Å². The number of methoxy groups -OCH3 is 1. The Bertz CT molecular complexity index is 504. The summed E-state index contributed by atoms with van der Waals surface area (Å²) in [6.07, 6.45) is 0.106. The molecule has 0 aliphatic carbocycles. The normalized spacial score (nSPS) is 11.6. The number of carbonyl (C=O) groups excluding carboxylic acids is 3. The van der Waals surface area contributed by atoms with E-state index in [1.54, 1.807) is 21.0 Å². The lowest BCUT2D eigenvalue weighted by atomic mass is 9.94. The van der Waals surface area contributed by atoms with Gasteiger partial charge in [-0.05, 0) is 31.0 Å². The van der Waals surface area contributed by atoms with E-state index in [-0.39, 0.29) is 18.3 Å². The van der Waals surface area contributed by atoms with Crippen LogP contribution in [0.5, 0.6) is 5.75 Å². The van der Waals surface area contributed by atoms with Crippen LogP contribution in [0.2, 0.25) is 0 Å². The molecule has 0 aliphatic heterocycles. The lowest BCUT2D eigenvalue weighted by Gasteiger charge is -2.10. The van der Waals surface area contributed by atoms with Crippen molar-refractivity contribution in [2.24, 2.45) is 5.92 Å². The molecule has 0 bridgehead atoms. The number of benzene rings is 1. The molecule has 5 nitrogen and oxygen atoms in total. The Hall–Kier alpha value is -2.17. The molecule has 1 aromatic rings. The topological polar surface area (TPSA) is 69.7 Å². The maximum Gasteiger partial charge on any atom is 0.375 e. The molecule has 1 atom stereocenters. The smallest absolute Gasteiger partial charge is 0.375 e. The first-order chi connectivity index (χ1) is 9.97. The van der Waals surface area contributed by atoms with Gasteiger partial charge in [-0.15, -0.1) is 0 Å². The zero-order valence-electron chi connectivity index (χ0n) is 12.5. The van der Waals surface area contributed by atoms with Gasteiger partial charge in [0.1, 0.15) is 11.5 Å². The molecule has 1 aromatic carbocycles. The maximum atomic E-state index is 11.9. The molecule has 1 unspecified atom stereocenters. The highest BCUT2D eigenvalue weighted by molar-refractivity contribution is 6.37. The van der Waals surface area contributed by atoms with Crippen molar-refractivity contribution in [1.82, 2.24) is 0 Å². The fourth-order valence-corrected chi connectivity index (χ4v) is 1.85. The molecule has 5 heteroatoms. The highest BCUT2D eigenvalue weighted by atomic mass is 16.5. The molecule has 0 fully saturated rings. The van der Waals surface area contributed by atoms with Crippen LogP contribution in [0, 0.1) is 5.92 Å². The first kappa shape index (κ1) is 16.9. The van der Waals surface area contributed by atoms with Crippen LogP contribution in [0.4, 0.5) is 0 Å².